The zero-order valence-electron chi connectivity index (χ0n) is 6.16. The van der Waals surface area contributed by atoms with Crippen LogP contribution in [0.4, 0.5) is 0 Å². The lowest BCUT2D eigenvalue weighted by atomic mass is 10.4. The van der Waals surface area contributed by atoms with Crippen molar-refractivity contribution in [3.63, 3.8) is 0 Å². The minimum Gasteiger partial charge on any atom is -0.399 e. The molecule has 0 bridgehead atoms. The van der Waals surface area contributed by atoms with Crippen molar-refractivity contribution in [2.75, 3.05) is 20.3 Å². The molecule has 1 saturated heterocycles. The van der Waals surface area contributed by atoms with Gasteiger partial charge >= 0.3 is 0 Å². The molecular weight excluding hydrogens is 134 g/mol. The van der Waals surface area contributed by atoms with Crippen LogP contribution in [0.3, 0.4) is 0 Å². The fraction of sp³-hybridized carbons (Fsp3) is 0.833. The summed E-state index contributed by atoms with van der Waals surface area (Å²) >= 11 is 0. The highest BCUT2D eigenvalue weighted by molar-refractivity contribution is 5.86. The second-order valence-electron chi connectivity index (χ2n) is 2.03. The van der Waals surface area contributed by atoms with Gasteiger partial charge in [-0.15, -0.1) is 0 Å². The maximum Gasteiger partial charge on any atom is 0.155 e. The molecule has 1 rings (SSSR count). The Balaban J connectivity index is 2.32. The Morgan fingerprint density at radius 3 is 2.60 bits per heavy atom. The molecule has 4 nitrogen and oxygen atoms in total. The fourth-order valence-corrected chi connectivity index (χ4v) is 0.699. The highest BCUT2D eigenvalue weighted by Gasteiger charge is 2.13. The number of nitrogens with zero attached hydrogens (tertiary/aromatic N) is 1. The van der Waals surface area contributed by atoms with Crippen molar-refractivity contribution in [1.29, 1.82) is 0 Å². The van der Waals surface area contributed by atoms with Crippen molar-refractivity contribution in [1.82, 2.24) is 0 Å². The number of hydrogen-bond acceptors (Lipinski definition) is 4. The second-order valence-corrected chi connectivity index (χ2v) is 2.03. The summed E-state index contributed by atoms with van der Waals surface area (Å²) in [5.74, 6) is 0. The van der Waals surface area contributed by atoms with Gasteiger partial charge in [0.15, 0.2) is 6.29 Å². The van der Waals surface area contributed by atoms with Gasteiger partial charge in [-0.1, -0.05) is 5.16 Å². The first-order valence-electron chi connectivity index (χ1n) is 3.15. The van der Waals surface area contributed by atoms with E-state index in [1.165, 1.54) is 7.11 Å². The van der Waals surface area contributed by atoms with Crippen LogP contribution in [0.1, 0.15) is 6.92 Å². The molecule has 0 unspecified atom stereocenters. The van der Waals surface area contributed by atoms with Gasteiger partial charge in [0.2, 0.25) is 0 Å². The van der Waals surface area contributed by atoms with Gasteiger partial charge in [-0.2, -0.15) is 0 Å². The monoisotopic (exact) mass is 145 g/mol. The summed E-state index contributed by atoms with van der Waals surface area (Å²) in [4.78, 5) is 4.54. The number of rotatable bonds is 1. The third-order valence-corrected chi connectivity index (χ3v) is 1.19. The normalized spacial score (nSPS) is 26.2. The summed E-state index contributed by atoms with van der Waals surface area (Å²) < 4.78 is 10.2. The summed E-state index contributed by atoms with van der Waals surface area (Å²) in [6, 6.07) is 0. The molecule has 0 aliphatic carbocycles. The predicted molar refractivity (Wildman–Crippen MR) is 35.8 cm³/mol. The largest absolute Gasteiger partial charge is 0.399 e. The van der Waals surface area contributed by atoms with E-state index < -0.39 is 0 Å². The van der Waals surface area contributed by atoms with E-state index in [2.05, 4.69) is 9.99 Å². The zero-order valence-corrected chi connectivity index (χ0v) is 6.16. The number of hydrogen-bond donors (Lipinski definition) is 0. The Labute approximate surface area is 59.7 Å². The lowest BCUT2D eigenvalue weighted by Gasteiger charge is -2.20. The smallest absolute Gasteiger partial charge is 0.155 e. The minimum atomic E-state index is -0.115. The maximum absolute atomic E-state index is 5.11. The summed E-state index contributed by atoms with van der Waals surface area (Å²) in [6.45, 7) is 2.87. The summed E-state index contributed by atoms with van der Waals surface area (Å²) in [6.07, 6.45) is -0.115. The van der Waals surface area contributed by atoms with Crippen molar-refractivity contribution in [3.8, 4) is 0 Å². The van der Waals surface area contributed by atoms with E-state index in [0.717, 1.165) is 5.71 Å². The van der Waals surface area contributed by atoms with E-state index in [1.807, 2.05) is 6.92 Å². The molecule has 0 N–H and O–H groups in total. The first kappa shape index (κ1) is 7.50. The van der Waals surface area contributed by atoms with E-state index in [9.17, 15) is 0 Å². The summed E-state index contributed by atoms with van der Waals surface area (Å²) in [5.41, 5.74) is 0.792. The van der Waals surface area contributed by atoms with Crippen molar-refractivity contribution < 1.29 is 14.3 Å². The van der Waals surface area contributed by atoms with Crippen LogP contribution < -0.4 is 0 Å². The van der Waals surface area contributed by atoms with Crippen molar-refractivity contribution in [3.05, 3.63) is 0 Å². The van der Waals surface area contributed by atoms with E-state index in [1.54, 1.807) is 0 Å². The Kier molecular flexibility index (Phi) is 2.65. The molecule has 10 heavy (non-hydrogen) atoms. The van der Waals surface area contributed by atoms with Crippen LogP contribution in [0.15, 0.2) is 5.16 Å². The Morgan fingerprint density at radius 2 is 2.10 bits per heavy atom. The number of oxime groups is 1. The molecule has 0 atom stereocenters. The summed E-state index contributed by atoms with van der Waals surface area (Å²) in [5, 5.41) is 3.68. The third-order valence-electron chi connectivity index (χ3n) is 1.19. The van der Waals surface area contributed by atoms with E-state index >= 15 is 0 Å². The van der Waals surface area contributed by atoms with Gasteiger partial charge in [0.05, 0.1) is 13.2 Å². The molecule has 0 aromatic heterocycles. The lowest BCUT2D eigenvalue weighted by molar-refractivity contribution is -0.127. The van der Waals surface area contributed by atoms with Gasteiger partial charge in [0.25, 0.3) is 0 Å². The van der Waals surface area contributed by atoms with E-state index in [-0.39, 0.29) is 6.29 Å². The Hall–Kier alpha value is -0.610. The average molecular weight is 145 g/mol. The fourth-order valence-electron chi connectivity index (χ4n) is 0.699. The van der Waals surface area contributed by atoms with Crippen LogP contribution in [0, 0.1) is 0 Å². The first-order chi connectivity index (χ1) is 4.83. The highest BCUT2D eigenvalue weighted by atomic mass is 16.7. The molecule has 1 fully saturated rings. The van der Waals surface area contributed by atoms with Gasteiger partial charge in [0, 0.05) is 0 Å². The van der Waals surface area contributed by atoms with Crippen LogP contribution in [-0.4, -0.2) is 32.3 Å². The first-order valence-corrected chi connectivity index (χ1v) is 3.15. The van der Waals surface area contributed by atoms with Gasteiger partial charge in [-0.25, -0.2) is 0 Å². The molecule has 0 aromatic carbocycles. The topological polar surface area (TPSA) is 40.0 Å². The molecular formula is C6H11NO3. The molecule has 4 heteroatoms. The van der Waals surface area contributed by atoms with E-state index in [0.29, 0.717) is 13.2 Å². The molecule has 0 amide bonds. The Bertz CT molecular complexity index is 125. The quantitative estimate of drug-likeness (QED) is 0.501. The van der Waals surface area contributed by atoms with Crippen molar-refractivity contribution in [2.24, 2.45) is 5.16 Å². The Morgan fingerprint density at radius 1 is 1.50 bits per heavy atom. The molecule has 1 aliphatic rings. The lowest BCUT2D eigenvalue weighted by Crippen LogP contribution is -2.30. The van der Waals surface area contributed by atoms with Crippen LogP contribution in [0.25, 0.3) is 0 Å². The van der Waals surface area contributed by atoms with Crippen molar-refractivity contribution in [2.45, 2.75) is 13.2 Å². The van der Waals surface area contributed by atoms with Gasteiger partial charge in [0.1, 0.15) is 12.8 Å². The zero-order chi connectivity index (χ0) is 7.40. The van der Waals surface area contributed by atoms with E-state index in [4.69, 9.17) is 9.47 Å². The molecule has 1 aliphatic heterocycles. The van der Waals surface area contributed by atoms with Gasteiger partial charge < -0.3 is 14.3 Å². The minimum absolute atomic E-state index is 0.115. The van der Waals surface area contributed by atoms with Crippen LogP contribution in [0.2, 0.25) is 0 Å². The molecule has 1 heterocycles. The molecule has 0 radical (unpaired) electrons. The molecule has 0 aromatic rings. The second kappa shape index (κ2) is 3.53. The molecule has 58 valence electrons. The SMILES string of the molecule is CON=C1COC(C)OC1. The predicted octanol–water partition coefficient (Wildman–Crippen LogP) is 0.382. The standard InChI is InChI=1S/C6H11NO3/c1-5-9-3-6(4-10-5)7-8-2/h5H,3-4H2,1-2H3. The number of ether oxygens (including phenoxy) is 2. The third kappa shape index (κ3) is 1.97. The average Bonchev–Trinajstić information content (AvgIpc) is 1.95. The molecule has 0 saturated carbocycles. The van der Waals surface area contributed by atoms with Crippen molar-refractivity contribution >= 4 is 5.71 Å². The van der Waals surface area contributed by atoms with Gasteiger partial charge in [-0.05, 0) is 6.92 Å². The van der Waals surface area contributed by atoms with Crippen LogP contribution in [-0.2, 0) is 14.3 Å². The van der Waals surface area contributed by atoms with Crippen LogP contribution in [0.5, 0.6) is 0 Å². The summed E-state index contributed by atoms with van der Waals surface area (Å²) in [7, 11) is 1.50. The van der Waals surface area contributed by atoms with Crippen LogP contribution >= 0.6 is 0 Å². The van der Waals surface area contributed by atoms with Gasteiger partial charge in [-0.3, -0.25) is 0 Å². The maximum atomic E-state index is 5.11. The highest BCUT2D eigenvalue weighted by Crippen LogP contribution is 2.01. The molecule has 0 spiro atoms.